The van der Waals surface area contributed by atoms with Crippen LogP contribution in [0, 0.1) is 13.8 Å². The first-order chi connectivity index (χ1) is 13.4. The molecule has 0 bridgehead atoms. The maximum Gasteiger partial charge on any atom is 0.307 e. The molecular weight excluding hydrogens is 376 g/mol. The van der Waals surface area contributed by atoms with Gasteiger partial charge in [-0.2, -0.15) is 0 Å². The van der Waals surface area contributed by atoms with Crippen molar-refractivity contribution in [1.29, 1.82) is 0 Å². The van der Waals surface area contributed by atoms with Gasteiger partial charge in [0.2, 0.25) is 0 Å². The Hall–Kier alpha value is -3.05. The second kappa shape index (κ2) is 6.84. The van der Waals surface area contributed by atoms with Crippen molar-refractivity contribution in [3.05, 3.63) is 64.4 Å². The van der Waals surface area contributed by atoms with Gasteiger partial charge in [-0.05, 0) is 61.9 Å². The fourth-order valence-corrected chi connectivity index (χ4v) is 3.94. The van der Waals surface area contributed by atoms with Gasteiger partial charge < -0.3 is 14.4 Å². The van der Waals surface area contributed by atoms with E-state index in [1.165, 1.54) is 0 Å². The van der Waals surface area contributed by atoms with Crippen LogP contribution in [0.2, 0.25) is 5.02 Å². The van der Waals surface area contributed by atoms with E-state index in [0.29, 0.717) is 10.8 Å². The molecule has 6 heteroatoms. The lowest BCUT2D eigenvalue weighted by atomic mass is 10.1. The normalized spacial score (nSPS) is 11.3. The molecular formula is C22H19ClN2O3. The predicted octanol–water partition coefficient (Wildman–Crippen LogP) is 5.08. The number of carbonyl (C=O) groups is 1. The first-order valence-electron chi connectivity index (χ1n) is 8.86. The summed E-state index contributed by atoms with van der Waals surface area (Å²) in [7, 11) is 1.60. The number of carboxylic acids is 1. The van der Waals surface area contributed by atoms with Crippen molar-refractivity contribution in [3.8, 4) is 11.4 Å². The van der Waals surface area contributed by atoms with Crippen molar-refractivity contribution in [3.63, 3.8) is 0 Å². The quantitative estimate of drug-likeness (QED) is 0.524. The number of ether oxygens (including phenoxy) is 1. The van der Waals surface area contributed by atoms with E-state index in [1.54, 1.807) is 7.11 Å². The topological polar surface area (TPSA) is 64.3 Å². The Bertz CT molecular complexity index is 1240. The molecule has 1 N–H and O–H groups in total. The SMILES string of the molecule is COc1ccc2c(c1)c(CC(=O)O)c(C)n2-c1cc(C)nc2cc(Cl)ccc12. The molecule has 2 aromatic heterocycles. The van der Waals surface area contributed by atoms with Gasteiger partial charge in [-0.15, -0.1) is 0 Å². The molecule has 2 heterocycles. The molecule has 0 fully saturated rings. The number of fused-ring (bicyclic) bond motifs is 2. The van der Waals surface area contributed by atoms with Crippen LogP contribution in [0.5, 0.6) is 5.75 Å². The molecule has 0 aliphatic rings. The Kier molecular flexibility index (Phi) is 4.47. The highest BCUT2D eigenvalue weighted by Crippen LogP contribution is 2.35. The third-order valence-corrected chi connectivity index (χ3v) is 5.22. The summed E-state index contributed by atoms with van der Waals surface area (Å²) in [4.78, 5) is 16.1. The minimum absolute atomic E-state index is 0.0592. The Morgan fingerprint density at radius 3 is 2.64 bits per heavy atom. The number of nitrogens with zero attached hydrogens (tertiary/aromatic N) is 2. The van der Waals surface area contributed by atoms with E-state index in [9.17, 15) is 9.90 Å². The zero-order valence-electron chi connectivity index (χ0n) is 15.8. The van der Waals surface area contributed by atoms with Crippen LogP contribution in [0.4, 0.5) is 0 Å². The molecule has 4 rings (SSSR count). The average molecular weight is 395 g/mol. The number of methoxy groups -OCH3 is 1. The van der Waals surface area contributed by atoms with Crippen LogP contribution in [-0.4, -0.2) is 27.7 Å². The van der Waals surface area contributed by atoms with Crippen LogP contribution in [0.3, 0.4) is 0 Å². The fourth-order valence-electron chi connectivity index (χ4n) is 3.77. The minimum Gasteiger partial charge on any atom is -0.497 e. The summed E-state index contributed by atoms with van der Waals surface area (Å²) < 4.78 is 7.45. The second-order valence-electron chi connectivity index (χ2n) is 6.80. The minimum atomic E-state index is -0.868. The average Bonchev–Trinajstić information content (AvgIpc) is 2.91. The number of aliphatic carboxylic acids is 1. The molecule has 0 atom stereocenters. The zero-order valence-corrected chi connectivity index (χ0v) is 16.5. The van der Waals surface area contributed by atoms with Gasteiger partial charge in [0.05, 0.1) is 30.3 Å². The van der Waals surface area contributed by atoms with Crippen molar-refractivity contribution in [1.82, 2.24) is 9.55 Å². The molecule has 0 amide bonds. The van der Waals surface area contributed by atoms with E-state index in [-0.39, 0.29) is 6.42 Å². The Balaban J connectivity index is 2.11. The van der Waals surface area contributed by atoms with Gasteiger partial charge in [0.15, 0.2) is 0 Å². The molecule has 0 aliphatic heterocycles. The molecule has 0 unspecified atom stereocenters. The Labute approximate surface area is 167 Å². The highest BCUT2D eigenvalue weighted by molar-refractivity contribution is 6.31. The number of hydrogen-bond acceptors (Lipinski definition) is 3. The maximum atomic E-state index is 11.5. The van der Waals surface area contributed by atoms with Gasteiger partial charge in [0.1, 0.15) is 5.75 Å². The zero-order chi connectivity index (χ0) is 20.0. The first-order valence-corrected chi connectivity index (χ1v) is 9.24. The standard InChI is InChI=1S/C22H19ClN2O3/c1-12-8-21(16-6-4-14(23)9-19(16)24-12)25-13(2)17(11-22(26)27)18-10-15(28-3)5-7-20(18)25/h4-10H,11H2,1-3H3,(H,26,27). The highest BCUT2D eigenvalue weighted by Gasteiger charge is 2.20. The number of benzene rings is 2. The summed E-state index contributed by atoms with van der Waals surface area (Å²) in [6, 6.07) is 13.4. The van der Waals surface area contributed by atoms with Crippen LogP contribution in [0.1, 0.15) is 17.0 Å². The van der Waals surface area contributed by atoms with Crippen LogP contribution in [0.25, 0.3) is 27.5 Å². The van der Waals surface area contributed by atoms with E-state index in [0.717, 1.165) is 44.4 Å². The largest absolute Gasteiger partial charge is 0.497 e. The molecule has 0 saturated heterocycles. The summed E-state index contributed by atoms with van der Waals surface area (Å²) in [6.07, 6.45) is -0.0592. The van der Waals surface area contributed by atoms with Crippen LogP contribution in [-0.2, 0) is 11.2 Å². The maximum absolute atomic E-state index is 11.5. The number of aryl methyl sites for hydroxylation is 1. The fraction of sp³-hybridized carbons (Fsp3) is 0.182. The van der Waals surface area contributed by atoms with Gasteiger partial charge in [-0.1, -0.05) is 11.6 Å². The monoisotopic (exact) mass is 394 g/mol. The van der Waals surface area contributed by atoms with Gasteiger partial charge in [-0.25, -0.2) is 0 Å². The lowest BCUT2D eigenvalue weighted by Crippen LogP contribution is -2.04. The summed E-state index contributed by atoms with van der Waals surface area (Å²) >= 11 is 6.16. The molecule has 0 radical (unpaired) electrons. The van der Waals surface area contributed by atoms with E-state index < -0.39 is 5.97 Å². The predicted molar refractivity (Wildman–Crippen MR) is 111 cm³/mol. The summed E-state index contributed by atoms with van der Waals surface area (Å²) in [5.74, 6) is -0.175. The third kappa shape index (κ3) is 2.98. The molecule has 5 nitrogen and oxygen atoms in total. The number of halogens is 1. The van der Waals surface area contributed by atoms with Gasteiger partial charge in [0, 0.05) is 27.2 Å². The van der Waals surface area contributed by atoms with Crippen LogP contribution < -0.4 is 4.74 Å². The number of pyridine rings is 1. The third-order valence-electron chi connectivity index (χ3n) is 4.99. The van der Waals surface area contributed by atoms with Gasteiger partial charge >= 0.3 is 5.97 Å². The van der Waals surface area contributed by atoms with Gasteiger partial charge in [0.25, 0.3) is 0 Å². The molecule has 142 valence electrons. The van der Waals surface area contributed by atoms with E-state index >= 15 is 0 Å². The second-order valence-corrected chi connectivity index (χ2v) is 7.23. The molecule has 2 aromatic carbocycles. The van der Waals surface area contributed by atoms with Crippen molar-refractivity contribution < 1.29 is 14.6 Å². The Morgan fingerprint density at radius 2 is 1.93 bits per heavy atom. The van der Waals surface area contributed by atoms with E-state index in [1.807, 2.05) is 56.3 Å². The number of hydrogen-bond donors (Lipinski definition) is 1. The van der Waals surface area contributed by atoms with E-state index in [4.69, 9.17) is 16.3 Å². The van der Waals surface area contributed by atoms with Crippen LogP contribution in [0.15, 0.2) is 42.5 Å². The van der Waals surface area contributed by atoms with E-state index in [2.05, 4.69) is 9.55 Å². The van der Waals surface area contributed by atoms with Crippen molar-refractivity contribution in [2.45, 2.75) is 20.3 Å². The van der Waals surface area contributed by atoms with Crippen molar-refractivity contribution in [2.24, 2.45) is 0 Å². The van der Waals surface area contributed by atoms with Gasteiger partial charge in [-0.3, -0.25) is 9.78 Å². The summed E-state index contributed by atoms with van der Waals surface area (Å²) in [5.41, 5.74) is 5.20. The molecule has 0 aliphatic carbocycles. The molecule has 0 saturated carbocycles. The lowest BCUT2D eigenvalue weighted by Gasteiger charge is -2.13. The Morgan fingerprint density at radius 1 is 1.14 bits per heavy atom. The smallest absolute Gasteiger partial charge is 0.307 e. The van der Waals surface area contributed by atoms with Crippen molar-refractivity contribution in [2.75, 3.05) is 7.11 Å². The highest BCUT2D eigenvalue weighted by atomic mass is 35.5. The number of aromatic nitrogens is 2. The number of carboxylic acid groups (broad SMARTS) is 1. The van der Waals surface area contributed by atoms with Crippen molar-refractivity contribution >= 4 is 39.4 Å². The first kappa shape index (κ1) is 18.3. The lowest BCUT2D eigenvalue weighted by molar-refractivity contribution is -0.136. The molecule has 28 heavy (non-hydrogen) atoms. The summed E-state index contributed by atoms with van der Waals surface area (Å²) in [5, 5.41) is 11.9. The summed E-state index contributed by atoms with van der Waals surface area (Å²) in [6.45, 7) is 3.88. The molecule has 0 spiro atoms. The molecule has 4 aromatic rings. The number of rotatable bonds is 4. The van der Waals surface area contributed by atoms with Crippen LogP contribution >= 0.6 is 11.6 Å².